The van der Waals surface area contributed by atoms with Crippen LogP contribution in [0.1, 0.15) is 11.1 Å². The number of amides is 2. The van der Waals surface area contributed by atoms with E-state index in [2.05, 4.69) is 5.32 Å². The number of piperazine rings is 1. The molecule has 142 valence electrons. The van der Waals surface area contributed by atoms with Crippen LogP contribution >= 0.6 is 0 Å². The van der Waals surface area contributed by atoms with Crippen molar-refractivity contribution in [2.24, 2.45) is 0 Å². The Morgan fingerprint density at radius 3 is 2.56 bits per heavy atom. The highest BCUT2D eigenvalue weighted by atomic mass is 16.3. The van der Waals surface area contributed by atoms with Crippen LogP contribution in [-0.4, -0.2) is 59.4 Å². The van der Waals surface area contributed by atoms with E-state index in [1.54, 1.807) is 24.1 Å². The van der Waals surface area contributed by atoms with Crippen molar-refractivity contribution >= 4 is 11.8 Å². The van der Waals surface area contributed by atoms with Gasteiger partial charge in [0, 0.05) is 26.7 Å². The van der Waals surface area contributed by atoms with Gasteiger partial charge in [0.1, 0.15) is 11.8 Å². The lowest BCUT2D eigenvalue weighted by Crippen LogP contribution is -2.59. The predicted octanol–water partition coefficient (Wildman–Crippen LogP) is 1.39. The molecule has 1 saturated heterocycles. The summed E-state index contributed by atoms with van der Waals surface area (Å²) in [7, 11) is 1.76. The summed E-state index contributed by atoms with van der Waals surface area (Å²) < 4.78 is 0. The van der Waals surface area contributed by atoms with Crippen molar-refractivity contribution in [1.82, 2.24) is 15.1 Å². The molecular weight excluding hydrogens is 342 g/mol. The molecular formula is C21H25N3O3. The van der Waals surface area contributed by atoms with Crippen LogP contribution in [0.2, 0.25) is 0 Å². The topological polar surface area (TPSA) is 72.9 Å². The number of benzene rings is 2. The zero-order chi connectivity index (χ0) is 19.2. The number of carbonyl (C=O) groups is 2. The van der Waals surface area contributed by atoms with Crippen LogP contribution in [0, 0.1) is 0 Å². The number of rotatable bonds is 6. The van der Waals surface area contributed by atoms with Crippen LogP contribution in [0.4, 0.5) is 0 Å². The molecule has 6 heteroatoms. The summed E-state index contributed by atoms with van der Waals surface area (Å²) in [5, 5.41) is 12.2. The molecule has 0 aromatic heterocycles. The van der Waals surface area contributed by atoms with E-state index in [-0.39, 0.29) is 17.6 Å². The number of phenols is 1. The molecule has 1 fully saturated rings. The van der Waals surface area contributed by atoms with Gasteiger partial charge in [-0.25, -0.2) is 0 Å². The normalized spacial score (nSPS) is 17.4. The van der Waals surface area contributed by atoms with Crippen molar-refractivity contribution in [1.29, 1.82) is 0 Å². The van der Waals surface area contributed by atoms with Crippen LogP contribution < -0.4 is 5.32 Å². The summed E-state index contributed by atoms with van der Waals surface area (Å²) in [4.78, 5) is 28.5. The third kappa shape index (κ3) is 5.31. The third-order valence-corrected chi connectivity index (χ3v) is 4.73. The number of hydrogen-bond acceptors (Lipinski definition) is 4. The van der Waals surface area contributed by atoms with Gasteiger partial charge in [-0.3, -0.25) is 14.5 Å². The average molecular weight is 367 g/mol. The standard InChI is InChI=1S/C21H25N3O3/c1-23(13-17-5-3-2-4-6-17)21(27)19-14-24(15-20(26)22-19)12-11-16-7-9-18(25)10-8-16/h2-10,19,25H,11-15H2,1H3,(H,22,26)/t19-/m0/s1. The maximum absolute atomic E-state index is 12.8. The van der Waals surface area contributed by atoms with E-state index in [1.165, 1.54) is 0 Å². The highest BCUT2D eigenvalue weighted by Gasteiger charge is 2.31. The highest BCUT2D eigenvalue weighted by Crippen LogP contribution is 2.12. The number of nitrogens with one attached hydrogen (secondary N) is 1. The fraction of sp³-hybridized carbons (Fsp3) is 0.333. The zero-order valence-corrected chi connectivity index (χ0v) is 15.5. The first-order valence-electron chi connectivity index (χ1n) is 9.10. The van der Waals surface area contributed by atoms with Crippen molar-refractivity contribution in [2.45, 2.75) is 19.0 Å². The summed E-state index contributed by atoms with van der Waals surface area (Å²) in [5.41, 5.74) is 2.14. The van der Waals surface area contributed by atoms with Crippen molar-refractivity contribution in [3.8, 4) is 5.75 Å². The predicted molar refractivity (Wildman–Crippen MR) is 103 cm³/mol. The second-order valence-corrected chi connectivity index (χ2v) is 6.95. The highest BCUT2D eigenvalue weighted by molar-refractivity contribution is 5.89. The second kappa shape index (κ2) is 8.68. The maximum atomic E-state index is 12.8. The first-order chi connectivity index (χ1) is 13.0. The van der Waals surface area contributed by atoms with E-state index < -0.39 is 6.04 Å². The van der Waals surface area contributed by atoms with Crippen LogP contribution in [0.25, 0.3) is 0 Å². The number of likely N-dealkylation sites (N-methyl/N-ethyl adjacent to an activating group) is 1. The minimum atomic E-state index is -0.528. The Labute approximate surface area is 159 Å². The minimum absolute atomic E-state index is 0.0819. The number of hydrogen-bond donors (Lipinski definition) is 2. The van der Waals surface area contributed by atoms with Gasteiger partial charge in [-0.05, 0) is 29.7 Å². The lowest BCUT2D eigenvalue weighted by atomic mass is 10.1. The Hall–Kier alpha value is -2.86. The van der Waals surface area contributed by atoms with Gasteiger partial charge in [0.25, 0.3) is 0 Å². The van der Waals surface area contributed by atoms with Gasteiger partial charge in [-0.1, -0.05) is 42.5 Å². The molecule has 0 saturated carbocycles. The lowest BCUT2D eigenvalue weighted by Gasteiger charge is -2.34. The van der Waals surface area contributed by atoms with Crippen molar-refractivity contribution < 1.29 is 14.7 Å². The molecule has 0 aliphatic carbocycles. The van der Waals surface area contributed by atoms with E-state index in [0.717, 1.165) is 17.5 Å². The molecule has 1 aliphatic rings. The third-order valence-electron chi connectivity index (χ3n) is 4.73. The van der Waals surface area contributed by atoms with E-state index in [9.17, 15) is 14.7 Å². The molecule has 2 amide bonds. The van der Waals surface area contributed by atoms with Gasteiger partial charge >= 0.3 is 0 Å². The number of phenolic OH excluding ortho intramolecular Hbond substituents is 1. The summed E-state index contributed by atoms with van der Waals surface area (Å²) in [6.45, 7) is 2.00. The molecule has 6 nitrogen and oxygen atoms in total. The number of aromatic hydroxyl groups is 1. The monoisotopic (exact) mass is 367 g/mol. The number of carbonyl (C=O) groups excluding carboxylic acids is 2. The van der Waals surface area contributed by atoms with Crippen molar-refractivity contribution in [3.63, 3.8) is 0 Å². The van der Waals surface area contributed by atoms with Gasteiger partial charge in [0.05, 0.1) is 6.54 Å². The van der Waals surface area contributed by atoms with Gasteiger partial charge < -0.3 is 15.3 Å². The molecule has 2 aromatic rings. The van der Waals surface area contributed by atoms with Crippen LogP contribution in [0.5, 0.6) is 5.75 Å². The van der Waals surface area contributed by atoms with E-state index >= 15 is 0 Å². The molecule has 2 aromatic carbocycles. The smallest absolute Gasteiger partial charge is 0.246 e. The largest absolute Gasteiger partial charge is 0.508 e. The Bertz CT molecular complexity index is 777. The lowest BCUT2D eigenvalue weighted by molar-refractivity contribution is -0.139. The zero-order valence-electron chi connectivity index (χ0n) is 15.5. The van der Waals surface area contributed by atoms with Gasteiger partial charge in [0.15, 0.2) is 0 Å². The molecule has 27 heavy (non-hydrogen) atoms. The number of nitrogens with zero attached hydrogens (tertiary/aromatic N) is 2. The van der Waals surface area contributed by atoms with Crippen LogP contribution in [-0.2, 0) is 22.6 Å². The average Bonchev–Trinajstić information content (AvgIpc) is 2.67. The minimum Gasteiger partial charge on any atom is -0.508 e. The summed E-state index contributed by atoms with van der Waals surface area (Å²) in [5.74, 6) is 0.0307. The van der Waals surface area contributed by atoms with E-state index in [0.29, 0.717) is 26.2 Å². The van der Waals surface area contributed by atoms with Gasteiger partial charge in [-0.15, -0.1) is 0 Å². The first kappa shape index (κ1) is 18.9. The molecule has 0 spiro atoms. The molecule has 1 aliphatic heterocycles. The Kier molecular flexibility index (Phi) is 6.08. The van der Waals surface area contributed by atoms with Crippen molar-refractivity contribution in [3.05, 3.63) is 65.7 Å². The molecule has 1 heterocycles. The molecule has 3 rings (SSSR count). The van der Waals surface area contributed by atoms with Crippen LogP contribution in [0.3, 0.4) is 0 Å². The Balaban J connectivity index is 1.56. The molecule has 0 bridgehead atoms. The fourth-order valence-corrected chi connectivity index (χ4v) is 3.27. The Morgan fingerprint density at radius 2 is 1.85 bits per heavy atom. The molecule has 0 unspecified atom stereocenters. The molecule has 0 radical (unpaired) electrons. The summed E-state index contributed by atoms with van der Waals surface area (Å²) >= 11 is 0. The van der Waals surface area contributed by atoms with Crippen LogP contribution in [0.15, 0.2) is 54.6 Å². The maximum Gasteiger partial charge on any atom is 0.246 e. The summed E-state index contributed by atoms with van der Waals surface area (Å²) in [6.07, 6.45) is 0.758. The van der Waals surface area contributed by atoms with Gasteiger partial charge in [-0.2, -0.15) is 0 Å². The van der Waals surface area contributed by atoms with Gasteiger partial charge in [0.2, 0.25) is 11.8 Å². The Morgan fingerprint density at radius 1 is 1.15 bits per heavy atom. The van der Waals surface area contributed by atoms with Crippen molar-refractivity contribution in [2.75, 3.05) is 26.7 Å². The first-order valence-corrected chi connectivity index (χ1v) is 9.10. The molecule has 1 atom stereocenters. The quantitative estimate of drug-likeness (QED) is 0.809. The fourth-order valence-electron chi connectivity index (χ4n) is 3.27. The summed E-state index contributed by atoms with van der Waals surface area (Å²) in [6, 6.07) is 16.3. The SMILES string of the molecule is CN(Cc1ccccc1)C(=O)[C@@H]1CN(CCc2ccc(O)cc2)CC(=O)N1. The molecule has 2 N–H and O–H groups in total. The van der Waals surface area contributed by atoms with E-state index in [1.807, 2.05) is 47.4 Å². The second-order valence-electron chi connectivity index (χ2n) is 6.95. The van der Waals surface area contributed by atoms with E-state index in [4.69, 9.17) is 0 Å².